The van der Waals surface area contributed by atoms with Gasteiger partial charge in [0.15, 0.2) is 5.60 Å². The largest absolute Gasteiger partial charge is 0.478 e. The van der Waals surface area contributed by atoms with Crippen molar-refractivity contribution in [1.29, 1.82) is 0 Å². The standard InChI is InChI=1S/C28H38ClN3O3/c1-19(2)25(33)32-16-14-31(15-17-32)24-13-10-21(18-23(24)29)30-26(34)28(6,7)35-22-11-8-20(9-12-22)27(3,4)5/h8-13,18-19H,14-17H2,1-7H3,(H,30,34). The van der Waals surface area contributed by atoms with E-state index in [-0.39, 0.29) is 23.1 Å². The van der Waals surface area contributed by atoms with Crippen LogP contribution in [0.2, 0.25) is 5.02 Å². The highest BCUT2D eigenvalue weighted by Gasteiger charge is 2.31. The maximum Gasteiger partial charge on any atom is 0.267 e. The third-order valence-corrected chi connectivity index (χ3v) is 6.57. The number of rotatable bonds is 6. The highest BCUT2D eigenvalue weighted by atomic mass is 35.5. The van der Waals surface area contributed by atoms with E-state index in [0.29, 0.717) is 29.5 Å². The number of nitrogens with one attached hydrogen (secondary N) is 1. The molecule has 1 saturated heterocycles. The van der Waals surface area contributed by atoms with E-state index in [1.54, 1.807) is 19.9 Å². The zero-order valence-electron chi connectivity index (χ0n) is 21.9. The van der Waals surface area contributed by atoms with Gasteiger partial charge in [-0.15, -0.1) is 0 Å². The number of carbonyl (C=O) groups excluding carboxylic acids is 2. The minimum atomic E-state index is -1.08. The van der Waals surface area contributed by atoms with Crippen molar-refractivity contribution in [2.24, 2.45) is 5.92 Å². The molecule has 0 aromatic heterocycles. The van der Waals surface area contributed by atoms with Crippen molar-refractivity contribution in [3.05, 3.63) is 53.1 Å². The molecule has 0 unspecified atom stereocenters. The molecule has 0 spiro atoms. The second kappa shape index (κ2) is 10.5. The van der Waals surface area contributed by atoms with Crippen LogP contribution in [-0.4, -0.2) is 48.5 Å². The lowest BCUT2D eigenvalue weighted by Gasteiger charge is -2.37. The molecule has 1 aliphatic heterocycles. The zero-order chi connectivity index (χ0) is 26.0. The first-order chi connectivity index (χ1) is 16.3. The minimum Gasteiger partial charge on any atom is -0.478 e. The van der Waals surface area contributed by atoms with Crippen LogP contribution in [-0.2, 0) is 15.0 Å². The van der Waals surface area contributed by atoms with Crippen LogP contribution < -0.4 is 15.0 Å². The summed E-state index contributed by atoms with van der Waals surface area (Å²) < 4.78 is 6.01. The number of hydrogen-bond donors (Lipinski definition) is 1. The Balaban J connectivity index is 1.61. The number of benzene rings is 2. The van der Waals surface area contributed by atoms with Crippen molar-refractivity contribution < 1.29 is 14.3 Å². The zero-order valence-corrected chi connectivity index (χ0v) is 22.7. The van der Waals surface area contributed by atoms with E-state index >= 15 is 0 Å². The average molecular weight is 500 g/mol. The first-order valence-corrected chi connectivity index (χ1v) is 12.6. The summed E-state index contributed by atoms with van der Waals surface area (Å²) >= 11 is 6.59. The van der Waals surface area contributed by atoms with Crippen LogP contribution in [0.4, 0.5) is 11.4 Å². The lowest BCUT2D eigenvalue weighted by atomic mass is 9.87. The molecule has 0 radical (unpaired) electrons. The first kappa shape index (κ1) is 26.9. The summed E-state index contributed by atoms with van der Waals surface area (Å²) in [5, 5.41) is 3.48. The van der Waals surface area contributed by atoms with Gasteiger partial charge >= 0.3 is 0 Å². The molecule has 0 aliphatic carbocycles. The smallest absolute Gasteiger partial charge is 0.267 e. The fraction of sp³-hybridized carbons (Fsp3) is 0.500. The fourth-order valence-corrected chi connectivity index (χ4v) is 4.32. The van der Waals surface area contributed by atoms with E-state index in [1.807, 2.05) is 55.1 Å². The van der Waals surface area contributed by atoms with Crippen molar-refractivity contribution in [3.63, 3.8) is 0 Å². The number of ether oxygens (including phenoxy) is 1. The third-order valence-electron chi connectivity index (χ3n) is 6.27. The molecule has 6 nitrogen and oxygen atoms in total. The van der Waals surface area contributed by atoms with E-state index in [0.717, 1.165) is 18.8 Å². The minimum absolute atomic E-state index is 0.00381. The predicted octanol–water partition coefficient (Wildman–Crippen LogP) is 5.74. The maximum absolute atomic E-state index is 13.0. The van der Waals surface area contributed by atoms with Gasteiger partial charge in [-0.2, -0.15) is 0 Å². The molecule has 2 amide bonds. The Morgan fingerprint density at radius 1 is 0.943 bits per heavy atom. The van der Waals surface area contributed by atoms with E-state index in [4.69, 9.17) is 16.3 Å². The summed E-state index contributed by atoms with van der Waals surface area (Å²) in [4.78, 5) is 29.3. The number of nitrogens with zero attached hydrogens (tertiary/aromatic N) is 2. The normalized spacial score (nSPS) is 14.8. The fourth-order valence-electron chi connectivity index (χ4n) is 4.02. The molecular formula is C28H38ClN3O3. The van der Waals surface area contributed by atoms with Gasteiger partial charge in [0, 0.05) is 37.8 Å². The van der Waals surface area contributed by atoms with Crippen molar-refractivity contribution in [3.8, 4) is 5.75 Å². The van der Waals surface area contributed by atoms with Gasteiger partial charge in [-0.3, -0.25) is 9.59 Å². The Bertz CT molecular complexity index is 1050. The van der Waals surface area contributed by atoms with Crippen molar-refractivity contribution in [2.45, 2.75) is 59.5 Å². The molecule has 1 fully saturated rings. The molecule has 1 heterocycles. The maximum atomic E-state index is 13.0. The molecule has 0 saturated carbocycles. The molecule has 190 valence electrons. The molecule has 7 heteroatoms. The van der Waals surface area contributed by atoms with Crippen LogP contribution in [0.5, 0.6) is 5.75 Å². The highest BCUT2D eigenvalue weighted by molar-refractivity contribution is 6.33. The summed E-state index contributed by atoms with van der Waals surface area (Å²) in [6, 6.07) is 13.4. The Morgan fingerprint density at radius 3 is 2.06 bits per heavy atom. The molecule has 1 aliphatic rings. The Morgan fingerprint density at radius 2 is 1.54 bits per heavy atom. The van der Waals surface area contributed by atoms with Crippen LogP contribution in [0.25, 0.3) is 0 Å². The molecule has 35 heavy (non-hydrogen) atoms. The van der Waals surface area contributed by atoms with Gasteiger partial charge in [-0.25, -0.2) is 0 Å². The van der Waals surface area contributed by atoms with Crippen LogP contribution in [0.1, 0.15) is 54.0 Å². The van der Waals surface area contributed by atoms with Gasteiger partial charge in [-0.05, 0) is 55.2 Å². The van der Waals surface area contributed by atoms with Crippen molar-refractivity contribution in [1.82, 2.24) is 4.90 Å². The number of halogens is 1. The molecule has 1 N–H and O–H groups in total. The molecule has 2 aromatic rings. The summed E-state index contributed by atoms with van der Waals surface area (Å²) in [5.41, 5.74) is 1.69. The van der Waals surface area contributed by atoms with Gasteiger partial charge in [0.05, 0.1) is 10.7 Å². The quantitative estimate of drug-likeness (QED) is 0.550. The lowest BCUT2D eigenvalue weighted by molar-refractivity contribution is -0.134. The number of amides is 2. The Kier molecular flexibility index (Phi) is 8.05. The summed E-state index contributed by atoms with van der Waals surface area (Å²) in [6.45, 7) is 16.6. The van der Waals surface area contributed by atoms with Crippen molar-refractivity contribution >= 4 is 34.8 Å². The van der Waals surface area contributed by atoms with E-state index in [1.165, 1.54) is 5.56 Å². The first-order valence-electron chi connectivity index (χ1n) is 12.2. The summed E-state index contributed by atoms with van der Waals surface area (Å²) in [7, 11) is 0. The molecule has 0 bridgehead atoms. The predicted molar refractivity (Wildman–Crippen MR) is 144 cm³/mol. The third kappa shape index (κ3) is 6.69. The van der Waals surface area contributed by atoms with E-state index < -0.39 is 5.60 Å². The summed E-state index contributed by atoms with van der Waals surface area (Å²) in [5.74, 6) is 0.566. The van der Waals surface area contributed by atoms with Crippen LogP contribution >= 0.6 is 11.6 Å². The van der Waals surface area contributed by atoms with Crippen LogP contribution in [0, 0.1) is 5.92 Å². The van der Waals surface area contributed by atoms with E-state index in [9.17, 15) is 9.59 Å². The number of piperazine rings is 1. The van der Waals surface area contributed by atoms with E-state index in [2.05, 4.69) is 31.0 Å². The van der Waals surface area contributed by atoms with Crippen molar-refractivity contribution in [2.75, 3.05) is 36.4 Å². The van der Waals surface area contributed by atoms with Crippen LogP contribution in [0.15, 0.2) is 42.5 Å². The number of carbonyl (C=O) groups is 2. The molecular weight excluding hydrogens is 462 g/mol. The van der Waals surface area contributed by atoms with Gasteiger partial charge < -0.3 is 19.9 Å². The second-order valence-corrected chi connectivity index (χ2v) is 11.4. The SMILES string of the molecule is CC(C)C(=O)N1CCN(c2ccc(NC(=O)C(C)(C)Oc3ccc(C(C)(C)C)cc3)cc2Cl)CC1. The van der Waals surface area contributed by atoms with Crippen LogP contribution in [0.3, 0.4) is 0 Å². The van der Waals surface area contributed by atoms with Gasteiger partial charge in [0.25, 0.3) is 5.91 Å². The highest BCUT2D eigenvalue weighted by Crippen LogP contribution is 2.31. The average Bonchev–Trinajstić information content (AvgIpc) is 2.78. The van der Waals surface area contributed by atoms with Gasteiger partial charge in [0.2, 0.25) is 5.91 Å². The monoisotopic (exact) mass is 499 g/mol. The van der Waals surface area contributed by atoms with Gasteiger partial charge in [0.1, 0.15) is 5.75 Å². The summed E-state index contributed by atoms with van der Waals surface area (Å²) in [6.07, 6.45) is 0. The Labute approximate surface area is 214 Å². The Hall–Kier alpha value is -2.73. The topological polar surface area (TPSA) is 61.9 Å². The number of hydrogen-bond acceptors (Lipinski definition) is 4. The molecule has 2 aromatic carbocycles. The van der Waals surface area contributed by atoms with Gasteiger partial charge in [-0.1, -0.05) is 58.4 Å². The molecule has 0 atom stereocenters. The number of anilines is 2. The molecule has 3 rings (SSSR count). The second-order valence-electron chi connectivity index (χ2n) is 11.0. The lowest BCUT2D eigenvalue weighted by Crippen LogP contribution is -2.50.